The van der Waals surface area contributed by atoms with Gasteiger partial charge in [0.05, 0.1) is 16.8 Å². The van der Waals surface area contributed by atoms with Gasteiger partial charge in [0, 0.05) is 11.7 Å². The maximum absolute atomic E-state index is 13.0. The molecule has 8 nitrogen and oxygen atoms in total. The summed E-state index contributed by atoms with van der Waals surface area (Å²) in [6, 6.07) is 11.8. The van der Waals surface area contributed by atoms with E-state index < -0.39 is 23.6 Å². The van der Waals surface area contributed by atoms with E-state index in [-0.39, 0.29) is 28.8 Å². The van der Waals surface area contributed by atoms with Crippen molar-refractivity contribution in [2.45, 2.75) is 45.7 Å². The zero-order valence-electron chi connectivity index (χ0n) is 17.7. The van der Waals surface area contributed by atoms with Crippen molar-refractivity contribution in [3.05, 3.63) is 59.7 Å². The number of ketones is 1. The van der Waals surface area contributed by atoms with Gasteiger partial charge in [-0.15, -0.1) is 0 Å². The van der Waals surface area contributed by atoms with Crippen LogP contribution in [0, 0.1) is 0 Å². The summed E-state index contributed by atoms with van der Waals surface area (Å²) in [4.78, 5) is 51.6. The molecule has 1 aliphatic heterocycles. The fraction of sp³-hybridized carbons (Fsp3) is 0.304. The third kappa shape index (κ3) is 4.42. The normalized spacial score (nSPS) is 14.3. The van der Waals surface area contributed by atoms with Crippen LogP contribution < -0.4 is 5.32 Å². The molecule has 2 aromatic carbocycles. The van der Waals surface area contributed by atoms with E-state index in [1.807, 2.05) is 13.8 Å². The number of carbonyl (C=O) groups is 4. The van der Waals surface area contributed by atoms with Crippen LogP contribution in [0.4, 0.5) is 11.4 Å². The van der Waals surface area contributed by atoms with E-state index in [4.69, 9.17) is 0 Å². The Morgan fingerprint density at radius 3 is 2.26 bits per heavy atom. The van der Waals surface area contributed by atoms with Gasteiger partial charge < -0.3 is 5.32 Å². The van der Waals surface area contributed by atoms with E-state index in [1.54, 1.807) is 42.5 Å². The molecule has 1 aliphatic rings. The van der Waals surface area contributed by atoms with E-state index in [1.165, 1.54) is 17.9 Å². The zero-order chi connectivity index (χ0) is 22.5. The molecule has 3 rings (SSSR count). The minimum absolute atomic E-state index is 0.147. The number of rotatable bonds is 8. The number of benzene rings is 2. The molecule has 1 atom stereocenters. The number of hydrogen-bond donors (Lipinski definition) is 1. The molecule has 160 valence electrons. The number of imide groups is 1. The van der Waals surface area contributed by atoms with E-state index >= 15 is 0 Å². The first-order valence-corrected chi connectivity index (χ1v) is 10.2. The number of fused-ring (bicyclic) bond motifs is 1. The van der Waals surface area contributed by atoms with Crippen LogP contribution in [0.2, 0.25) is 0 Å². The maximum Gasteiger partial charge on any atom is 0.264 e. The van der Waals surface area contributed by atoms with Crippen LogP contribution in [0.15, 0.2) is 58.8 Å². The smallest absolute Gasteiger partial charge is 0.264 e. The molecule has 1 N–H and O–H groups in total. The molecular weight excluding hydrogens is 396 g/mol. The second-order valence-corrected chi connectivity index (χ2v) is 7.23. The second kappa shape index (κ2) is 9.42. The van der Waals surface area contributed by atoms with Gasteiger partial charge in [-0.1, -0.05) is 38.1 Å². The summed E-state index contributed by atoms with van der Waals surface area (Å²) in [6.07, 6.45) is 1.29. The van der Waals surface area contributed by atoms with Crippen LogP contribution in [0.25, 0.3) is 0 Å². The average molecular weight is 420 g/mol. The summed E-state index contributed by atoms with van der Waals surface area (Å²) in [5.41, 5.74) is 1.08. The molecule has 0 spiro atoms. The number of azo groups is 1. The highest BCUT2D eigenvalue weighted by Crippen LogP contribution is 2.33. The Morgan fingerprint density at radius 2 is 1.65 bits per heavy atom. The highest BCUT2D eigenvalue weighted by atomic mass is 16.2. The molecule has 1 heterocycles. The summed E-state index contributed by atoms with van der Waals surface area (Å²) in [5.74, 6) is -1.92. The van der Waals surface area contributed by atoms with Crippen molar-refractivity contribution in [1.82, 2.24) is 4.90 Å². The molecule has 0 saturated carbocycles. The third-order valence-corrected chi connectivity index (χ3v) is 5.19. The molecule has 31 heavy (non-hydrogen) atoms. The van der Waals surface area contributed by atoms with E-state index in [0.717, 1.165) is 0 Å². The number of anilines is 1. The predicted octanol–water partition coefficient (Wildman–Crippen LogP) is 4.15. The molecule has 0 bridgehead atoms. The zero-order valence-corrected chi connectivity index (χ0v) is 17.7. The molecule has 0 aromatic heterocycles. The average Bonchev–Trinajstić information content (AvgIpc) is 3.01. The standard InChI is InChI=1S/C23H24N4O4/c1-4-16(5-2)27-22(30)17-12-9-13-18(19(17)23(27)31)25-26-20(14(3)28)21(29)24-15-10-7-6-8-11-15/h6-13,16,20H,4-5H2,1-3H3,(H,24,29). The Hall–Kier alpha value is -3.68. The molecule has 0 aliphatic carbocycles. The highest BCUT2D eigenvalue weighted by molar-refractivity contribution is 6.23. The first-order valence-electron chi connectivity index (χ1n) is 10.2. The molecule has 8 heteroatoms. The van der Waals surface area contributed by atoms with Crippen molar-refractivity contribution < 1.29 is 19.2 Å². The first-order chi connectivity index (χ1) is 14.9. The van der Waals surface area contributed by atoms with Crippen molar-refractivity contribution in [1.29, 1.82) is 0 Å². The molecular formula is C23H24N4O4. The van der Waals surface area contributed by atoms with Crippen molar-refractivity contribution >= 4 is 34.9 Å². The maximum atomic E-state index is 13.0. The molecule has 3 amide bonds. The van der Waals surface area contributed by atoms with E-state index in [9.17, 15) is 19.2 Å². The van der Waals surface area contributed by atoms with Gasteiger partial charge in [-0.3, -0.25) is 24.1 Å². The van der Waals surface area contributed by atoms with Crippen molar-refractivity contribution in [3.63, 3.8) is 0 Å². The molecule has 0 fully saturated rings. The van der Waals surface area contributed by atoms with Gasteiger partial charge in [0.2, 0.25) is 6.04 Å². The molecule has 0 radical (unpaired) electrons. The number of hydrogen-bond acceptors (Lipinski definition) is 6. The number of amides is 3. The van der Waals surface area contributed by atoms with Crippen molar-refractivity contribution in [2.24, 2.45) is 10.2 Å². The minimum atomic E-state index is -1.38. The van der Waals surface area contributed by atoms with Crippen molar-refractivity contribution in [3.8, 4) is 0 Å². The molecule has 1 unspecified atom stereocenters. The van der Waals surface area contributed by atoms with Crippen LogP contribution in [0.3, 0.4) is 0 Å². The lowest BCUT2D eigenvalue weighted by atomic mass is 10.1. The topological polar surface area (TPSA) is 108 Å². The van der Waals surface area contributed by atoms with Gasteiger partial charge in [0.15, 0.2) is 5.78 Å². The Labute approximate surface area is 180 Å². The summed E-state index contributed by atoms with van der Waals surface area (Å²) in [5, 5.41) is 10.6. The number of para-hydroxylation sites is 1. The number of Topliss-reactive ketones (excluding diaryl/α,β-unsaturated/α-hetero) is 1. The summed E-state index contributed by atoms with van der Waals surface area (Å²) < 4.78 is 0. The summed E-state index contributed by atoms with van der Waals surface area (Å²) in [6.45, 7) is 5.08. The summed E-state index contributed by atoms with van der Waals surface area (Å²) in [7, 11) is 0. The van der Waals surface area contributed by atoms with Gasteiger partial charge in [-0.25, -0.2) is 0 Å². The van der Waals surface area contributed by atoms with Gasteiger partial charge >= 0.3 is 0 Å². The predicted molar refractivity (Wildman–Crippen MR) is 115 cm³/mol. The fourth-order valence-corrected chi connectivity index (χ4v) is 3.52. The Kier molecular flexibility index (Phi) is 6.69. The molecule has 0 saturated heterocycles. The van der Waals surface area contributed by atoms with Gasteiger partial charge in [0.25, 0.3) is 17.7 Å². The van der Waals surface area contributed by atoms with Gasteiger partial charge in [-0.05, 0) is 44.0 Å². The largest absolute Gasteiger partial charge is 0.324 e. The lowest BCUT2D eigenvalue weighted by molar-refractivity contribution is -0.126. The monoisotopic (exact) mass is 420 g/mol. The van der Waals surface area contributed by atoms with Gasteiger partial charge in [-0.2, -0.15) is 10.2 Å². The van der Waals surface area contributed by atoms with Crippen LogP contribution in [-0.2, 0) is 9.59 Å². The minimum Gasteiger partial charge on any atom is -0.324 e. The van der Waals surface area contributed by atoms with Gasteiger partial charge in [0.1, 0.15) is 0 Å². The SMILES string of the molecule is CCC(CC)N1C(=O)c2cccc(N=NC(C(C)=O)C(=O)Nc3ccccc3)c2C1=O. The van der Waals surface area contributed by atoms with Crippen LogP contribution in [0.1, 0.15) is 54.3 Å². The van der Waals surface area contributed by atoms with Crippen LogP contribution in [0.5, 0.6) is 0 Å². The Morgan fingerprint density at radius 1 is 0.968 bits per heavy atom. The Bertz CT molecular complexity index is 1040. The van der Waals surface area contributed by atoms with Crippen LogP contribution in [-0.4, -0.2) is 40.5 Å². The second-order valence-electron chi connectivity index (χ2n) is 7.23. The van der Waals surface area contributed by atoms with Crippen LogP contribution >= 0.6 is 0 Å². The van der Waals surface area contributed by atoms with E-state index in [0.29, 0.717) is 18.5 Å². The van der Waals surface area contributed by atoms with E-state index in [2.05, 4.69) is 15.5 Å². The summed E-state index contributed by atoms with van der Waals surface area (Å²) >= 11 is 0. The highest BCUT2D eigenvalue weighted by Gasteiger charge is 2.40. The third-order valence-electron chi connectivity index (χ3n) is 5.19. The quantitative estimate of drug-likeness (QED) is 0.393. The number of nitrogens with zero attached hydrogens (tertiary/aromatic N) is 3. The lowest BCUT2D eigenvalue weighted by Crippen LogP contribution is -2.39. The van der Waals surface area contributed by atoms with Crippen molar-refractivity contribution in [2.75, 3.05) is 5.32 Å². The fourth-order valence-electron chi connectivity index (χ4n) is 3.52. The lowest BCUT2D eigenvalue weighted by Gasteiger charge is -2.23. The number of nitrogens with one attached hydrogen (secondary N) is 1. The Balaban J connectivity index is 1.89. The first kappa shape index (κ1) is 22.0. The number of carbonyl (C=O) groups excluding carboxylic acids is 4. The molecule has 2 aromatic rings.